The molecule has 0 aliphatic heterocycles. The van der Waals surface area contributed by atoms with E-state index in [1.165, 1.54) is 6.20 Å². The van der Waals surface area contributed by atoms with E-state index in [1.807, 2.05) is 0 Å². The molecule has 0 fully saturated rings. The molecule has 1 atom stereocenters. The summed E-state index contributed by atoms with van der Waals surface area (Å²) in [6, 6.07) is 11.2. The molecule has 8 nitrogen and oxygen atoms in total. The normalized spacial score (nSPS) is 11.9. The summed E-state index contributed by atoms with van der Waals surface area (Å²) in [5, 5.41) is 10.2. The molecule has 24 heavy (non-hydrogen) atoms. The Kier molecular flexibility index (Phi) is 4.47. The van der Waals surface area contributed by atoms with Crippen LogP contribution in [0.15, 0.2) is 48.7 Å². The number of aromatic nitrogens is 2. The zero-order valence-electron chi connectivity index (χ0n) is 12.3. The molecule has 1 heterocycles. The van der Waals surface area contributed by atoms with Crippen molar-refractivity contribution < 1.29 is 14.6 Å². The van der Waals surface area contributed by atoms with Crippen molar-refractivity contribution in [2.24, 2.45) is 0 Å². The first kappa shape index (κ1) is 16.0. The van der Waals surface area contributed by atoms with Crippen molar-refractivity contribution in [3.63, 3.8) is 0 Å². The molecule has 0 aliphatic carbocycles. The van der Waals surface area contributed by atoms with E-state index in [-0.39, 0.29) is 11.5 Å². The molecule has 0 spiro atoms. The number of benzene rings is 2. The number of nitrogen functional groups attached to an aromatic ring is 1. The lowest BCUT2D eigenvalue weighted by atomic mass is 10.2. The number of anilines is 3. The van der Waals surface area contributed by atoms with Gasteiger partial charge < -0.3 is 10.3 Å². The number of hydrogen-bond donors (Lipinski definition) is 3. The molecule has 3 aromatic rings. The molecule has 1 aromatic heterocycles. The Morgan fingerprint density at radius 1 is 1.25 bits per heavy atom. The highest BCUT2D eigenvalue weighted by Gasteiger charge is 2.22. The van der Waals surface area contributed by atoms with Gasteiger partial charge in [0, 0.05) is 5.56 Å². The Hall–Kier alpha value is -2.88. The second-order valence-electron chi connectivity index (χ2n) is 4.80. The van der Waals surface area contributed by atoms with Gasteiger partial charge >= 0.3 is 0 Å². The molecular formula is C15H13N5O3S. The first-order valence-electron chi connectivity index (χ1n) is 6.82. The summed E-state index contributed by atoms with van der Waals surface area (Å²) in [5.41, 5.74) is 7.61. The molecular weight excluding hydrogens is 330 g/mol. The van der Waals surface area contributed by atoms with Crippen LogP contribution in [0.4, 0.5) is 17.2 Å². The van der Waals surface area contributed by atoms with Gasteiger partial charge in [-0.2, -0.15) is 4.72 Å². The first-order chi connectivity index (χ1) is 11.6. The zero-order chi connectivity index (χ0) is 17.1. The van der Waals surface area contributed by atoms with Crippen LogP contribution in [0.25, 0.3) is 11.0 Å². The summed E-state index contributed by atoms with van der Waals surface area (Å²) < 4.78 is 15.5. The molecule has 9 heteroatoms. The fraction of sp³-hybridized carbons (Fsp3) is 0. The van der Waals surface area contributed by atoms with Crippen LogP contribution in [-0.2, 0) is 11.5 Å². The predicted octanol–water partition coefficient (Wildman–Crippen LogP) is 1.91. The van der Waals surface area contributed by atoms with Gasteiger partial charge in [0.25, 0.3) is 0 Å². The molecule has 0 saturated heterocycles. The first-order valence-corrected chi connectivity index (χ1v) is 7.93. The number of hydrogen-bond acceptors (Lipinski definition) is 8. The maximum atomic E-state index is 12.3. The second-order valence-corrected chi connectivity index (χ2v) is 5.85. The van der Waals surface area contributed by atoms with Crippen LogP contribution in [0.3, 0.4) is 0 Å². The van der Waals surface area contributed by atoms with Crippen LogP contribution in [-0.4, -0.2) is 26.0 Å². The Balaban J connectivity index is 1.84. The minimum Gasteiger partial charge on any atom is -0.566 e. The summed E-state index contributed by atoms with van der Waals surface area (Å²) in [5.74, 6) is 0.249. The van der Waals surface area contributed by atoms with Gasteiger partial charge in [0.2, 0.25) is 11.5 Å². The fourth-order valence-electron chi connectivity index (χ4n) is 2.06. The number of nitrogens with one attached hydrogen (secondary N) is 1. The highest BCUT2D eigenvalue weighted by Crippen LogP contribution is 2.26. The molecule has 4 N–H and O–H groups in total. The van der Waals surface area contributed by atoms with Gasteiger partial charge in [-0.05, 0) is 40.9 Å². The SMILES string of the molecule is Nc1cnc2c(N(O)[S+]([O-])Nc3ccc(C=O)cc3)cccc2n1. The predicted molar refractivity (Wildman–Crippen MR) is 91.8 cm³/mol. The van der Waals surface area contributed by atoms with E-state index in [0.29, 0.717) is 33.0 Å². The third-order valence-electron chi connectivity index (χ3n) is 3.18. The van der Waals surface area contributed by atoms with Gasteiger partial charge in [-0.3, -0.25) is 4.79 Å². The van der Waals surface area contributed by atoms with Crippen molar-refractivity contribution in [2.45, 2.75) is 0 Å². The Morgan fingerprint density at radius 3 is 2.71 bits per heavy atom. The minimum atomic E-state index is -1.99. The molecule has 0 amide bonds. The van der Waals surface area contributed by atoms with E-state index in [0.717, 1.165) is 0 Å². The molecule has 0 bridgehead atoms. The van der Waals surface area contributed by atoms with Crippen LogP contribution in [0.1, 0.15) is 10.4 Å². The van der Waals surface area contributed by atoms with Gasteiger partial charge in [-0.25, -0.2) is 15.2 Å². The van der Waals surface area contributed by atoms with Crippen LogP contribution in [0.2, 0.25) is 0 Å². The van der Waals surface area contributed by atoms with Crippen LogP contribution >= 0.6 is 0 Å². The lowest BCUT2D eigenvalue weighted by Crippen LogP contribution is -2.33. The van der Waals surface area contributed by atoms with Gasteiger partial charge in [0.05, 0.1) is 17.4 Å². The summed E-state index contributed by atoms with van der Waals surface area (Å²) >= 11 is -1.99. The van der Waals surface area contributed by atoms with E-state index in [1.54, 1.807) is 42.5 Å². The second kappa shape index (κ2) is 6.71. The minimum absolute atomic E-state index is 0.218. The fourth-order valence-corrected chi connectivity index (χ4v) is 2.81. The molecule has 2 aromatic carbocycles. The highest BCUT2D eigenvalue weighted by molar-refractivity contribution is 7.93. The largest absolute Gasteiger partial charge is 0.566 e. The van der Waals surface area contributed by atoms with Gasteiger partial charge in [-0.1, -0.05) is 6.07 Å². The summed E-state index contributed by atoms with van der Waals surface area (Å²) in [7, 11) is 0. The zero-order valence-corrected chi connectivity index (χ0v) is 13.1. The molecule has 0 radical (unpaired) electrons. The Bertz CT molecular complexity index is 875. The van der Waals surface area contributed by atoms with Gasteiger partial charge in [0.1, 0.15) is 23.3 Å². The van der Waals surface area contributed by atoms with E-state index in [9.17, 15) is 14.6 Å². The quantitative estimate of drug-likeness (QED) is 0.364. The molecule has 1 unspecified atom stereocenters. The van der Waals surface area contributed by atoms with Crippen LogP contribution in [0, 0.1) is 0 Å². The topological polar surface area (TPSA) is 127 Å². The van der Waals surface area contributed by atoms with Crippen molar-refractivity contribution >= 4 is 46.1 Å². The van der Waals surface area contributed by atoms with E-state index < -0.39 is 11.5 Å². The number of rotatable bonds is 5. The Labute approximate surface area is 140 Å². The number of nitrogens with two attached hydrogens (primary N) is 1. The summed E-state index contributed by atoms with van der Waals surface area (Å²) in [4.78, 5) is 18.9. The number of nitrogens with zero attached hydrogens (tertiary/aromatic N) is 3. The average molecular weight is 343 g/mol. The van der Waals surface area contributed by atoms with Crippen LogP contribution < -0.4 is 14.9 Å². The van der Waals surface area contributed by atoms with Crippen molar-refractivity contribution in [3.05, 3.63) is 54.2 Å². The number of aldehydes is 1. The van der Waals surface area contributed by atoms with Crippen molar-refractivity contribution in [1.29, 1.82) is 0 Å². The van der Waals surface area contributed by atoms with E-state index in [2.05, 4.69) is 14.7 Å². The lowest BCUT2D eigenvalue weighted by Gasteiger charge is -2.19. The lowest BCUT2D eigenvalue weighted by molar-refractivity contribution is 0.112. The van der Waals surface area contributed by atoms with Crippen molar-refractivity contribution in [3.8, 4) is 0 Å². The monoisotopic (exact) mass is 343 g/mol. The van der Waals surface area contributed by atoms with E-state index in [4.69, 9.17) is 5.73 Å². The Morgan fingerprint density at radius 2 is 2.00 bits per heavy atom. The average Bonchev–Trinajstić information content (AvgIpc) is 2.61. The van der Waals surface area contributed by atoms with Gasteiger partial charge in [-0.15, -0.1) is 0 Å². The number of carbonyl (C=O) groups excluding carboxylic acids is 1. The molecule has 0 saturated carbocycles. The van der Waals surface area contributed by atoms with Crippen LogP contribution in [0.5, 0.6) is 0 Å². The summed E-state index contributed by atoms with van der Waals surface area (Å²) in [6.07, 6.45) is 2.06. The smallest absolute Gasteiger partial charge is 0.222 e. The molecule has 3 rings (SSSR count). The molecule has 122 valence electrons. The van der Waals surface area contributed by atoms with E-state index >= 15 is 0 Å². The van der Waals surface area contributed by atoms with Crippen molar-refractivity contribution in [2.75, 3.05) is 14.9 Å². The number of para-hydroxylation sites is 1. The number of carbonyl (C=O) groups is 1. The standard InChI is InChI=1S/C15H13N5O3S/c16-14-8-17-15-12(18-14)2-1-3-13(15)20(22)24(23)19-11-6-4-10(9-21)5-7-11/h1-9,19,22H,(H2,16,18). The highest BCUT2D eigenvalue weighted by atomic mass is 32.2. The van der Waals surface area contributed by atoms with Gasteiger partial charge in [0.15, 0.2) is 0 Å². The maximum absolute atomic E-state index is 12.3. The number of fused-ring (bicyclic) bond motifs is 1. The third kappa shape index (κ3) is 3.23. The van der Waals surface area contributed by atoms with Crippen molar-refractivity contribution in [1.82, 2.24) is 9.97 Å². The third-order valence-corrected chi connectivity index (χ3v) is 4.11. The molecule has 0 aliphatic rings. The summed E-state index contributed by atoms with van der Waals surface area (Å²) in [6.45, 7) is 0. The maximum Gasteiger partial charge on any atom is 0.222 e.